The van der Waals surface area contributed by atoms with Crippen molar-refractivity contribution in [2.45, 2.75) is 0 Å². The Bertz CT molecular complexity index is 542. The Morgan fingerprint density at radius 1 is 1.54 bits per heavy atom. The van der Waals surface area contributed by atoms with Gasteiger partial charge in [-0.2, -0.15) is 9.19 Å². The summed E-state index contributed by atoms with van der Waals surface area (Å²) in [5, 5.41) is 4.47. The highest BCUT2D eigenvalue weighted by Crippen LogP contribution is 2.12. The van der Waals surface area contributed by atoms with Gasteiger partial charge in [-0.3, -0.25) is 0 Å². The van der Waals surface area contributed by atoms with Crippen molar-refractivity contribution in [3.8, 4) is 0 Å². The van der Waals surface area contributed by atoms with Crippen molar-refractivity contribution in [2.75, 3.05) is 6.26 Å². The van der Waals surface area contributed by atoms with Crippen LogP contribution in [0.25, 0.3) is 10.9 Å². The van der Waals surface area contributed by atoms with Crippen LogP contribution >= 0.6 is 0 Å². The first-order valence-corrected chi connectivity index (χ1v) is 5.49. The van der Waals surface area contributed by atoms with Gasteiger partial charge in [-0.25, -0.2) is 8.42 Å². The van der Waals surface area contributed by atoms with Crippen LogP contribution in [0.3, 0.4) is 0 Å². The molecule has 0 aliphatic rings. The molecule has 0 bridgehead atoms. The third kappa shape index (κ3) is 1.31. The second-order valence-electron chi connectivity index (χ2n) is 2.72. The molecule has 0 aliphatic carbocycles. The third-order valence-electron chi connectivity index (χ3n) is 1.68. The van der Waals surface area contributed by atoms with Gasteiger partial charge in [0.15, 0.2) is 0 Å². The highest BCUT2D eigenvalue weighted by atomic mass is 32.2. The second kappa shape index (κ2) is 2.56. The quantitative estimate of drug-likeness (QED) is 0.671. The van der Waals surface area contributed by atoms with Crippen LogP contribution < -0.4 is 0 Å². The minimum atomic E-state index is -3.30. The van der Waals surface area contributed by atoms with Crippen molar-refractivity contribution < 1.29 is 8.42 Å². The van der Waals surface area contributed by atoms with E-state index in [0.717, 1.165) is 10.3 Å². The molecule has 0 saturated heterocycles. The molecular weight excluding hydrogens is 188 g/mol. The molecule has 2 rings (SSSR count). The molecule has 5 heteroatoms. The maximum atomic E-state index is 11.2. The van der Waals surface area contributed by atoms with E-state index in [1.807, 2.05) is 0 Å². The fraction of sp³-hybridized carbons (Fsp3) is 0.125. The lowest BCUT2D eigenvalue weighted by molar-refractivity contribution is 0.588. The molecule has 0 spiro atoms. The normalized spacial score (nSPS) is 12.1. The summed E-state index contributed by atoms with van der Waals surface area (Å²) in [6.45, 7) is 0. The zero-order chi connectivity index (χ0) is 9.47. The van der Waals surface area contributed by atoms with Gasteiger partial charge in [0.2, 0.25) is 0 Å². The summed E-state index contributed by atoms with van der Waals surface area (Å²) in [7, 11) is -3.30. The largest absolute Gasteiger partial charge is 0.251 e. The van der Waals surface area contributed by atoms with Gasteiger partial charge in [0.1, 0.15) is 0 Å². The molecule has 0 atom stereocenters. The average molecular weight is 195 g/mol. The Morgan fingerprint density at radius 2 is 2.31 bits per heavy atom. The lowest BCUT2D eigenvalue weighted by atomic mass is 10.3. The van der Waals surface area contributed by atoms with Gasteiger partial charge in [-0.15, -0.1) is 0 Å². The van der Waals surface area contributed by atoms with Crippen molar-refractivity contribution in [1.82, 2.24) is 9.19 Å². The van der Waals surface area contributed by atoms with Gasteiger partial charge in [0, 0.05) is 5.39 Å². The summed E-state index contributed by atoms with van der Waals surface area (Å²) in [4.78, 5) is 0. The van der Waals surface area contributed by atoms with Crippen molar-refractivity contribution in [3.05, 3.63) is 30.5 Å². The van der Waals surface area contributed by atoms with E-state index in [-0.39, 0.29) is 0 Å². The van der Waals surface area contributed by atoms with Crippen molar-refractivity contribution in [3.63, 3.8) is 0 Å². The first kappa shape index (κ1) is 8.25. The van der Waals surface area contributed by atoms with E-state index in [0.29, 0.717) is 10.9 Å². The summed E-state index contributed by atoms with van der Waals surface area (Å²) in [6.07, 6.45) is 2.60. The molecule has 0 unspecified atom stereocenters. The molecule has 4 nitrogen and oxygen atoms in total. The van der Waals surface area contributed by atoms with Gasteiger partial charge < -0.3 is 0 Å². The maximum absolute atomic E-state index is 11.2. The van der Waals surface area contributed by atoms with E-state index in [2.05, 4.69) is 11.2 Å². The van der Waals surface area contributed by atoms with Gasteiger partial charge >= 0.3 is 0 Å². The average Bonchev–Trinajstić information content (AvgIpc) is 2.45. The molecule has 2 aromatic rings. The van der Waals surface area contributed by atoms with Crippen LogP contribution in [-0.2, 0) is 10.0 Å². The number of fused-ring (bicyclic) bond motifs is 1. The first-order chi connectivity index (χ1) is 6.09. The van der Waals surface area contributed by atoms with Crippen molar-refractivity contribution >= 4 is 20.9 Å². The maximum Gasteiger partial charge on any atom is 0.251 e. The molecule has 1 aromatic heterocycles. The van der Waals surface area contributed by atoms with E-state index in [9.17, 15) is 8.42 Å². The number of hydrogen-bond donors (Lipinski definition) is 0. The molecule has 1 heterocycles. The van der Waals surface area contributed by atoms with Crippen LogP contribution in [0.15, 0.2) is 24.4 Å². The molecule has 0 amide bonds. The summed E-state index contributed by atoms with van der Waals surface area (Å²) in [5.41, 5.74) is 0.560. The molecular formula is C8H7N2O2S. The Balaban J connectivity index is 2.87. The van der Waals surface area contributed by atoms with Gasteiger partial charge in [-0.1, -0.05) is 12.1 Å². The summed E-state index contributed by atoms with van der Waals surface area (Å²) >= 11 is 0. The summed E-state index contributed by atoms with van der Waals surface area (Å²) < 4.78 is 23.4. The third-order valence-corrected chi connectivity index (χ3v) is 2.60. The Labute approximate surface area is 75.8 Å². The minimum Gasteiger partial charge on any atom is -0.205 e. The summed E-state index contributed by atoms with van der Waals surface area (Å²) in [6, 6.07) is 8.04. The number of benzene rings is 1. The van der Waals surface area contributed by atoms with Crippen molar-refractivity contribution in [1.29, 1.82) is 0 Å². The Hall–Kier alpha value is -1.36. The zero-order valence-electron chi connectivity index (χ0n) is 6.93. The lowest BCUT2D eigenvalue weighted by Crippen LogP contribution is -2.10. The van der Waals surface area contributed by atoms with E-state index in [1.165, 1.54) is 6.20 Å². The molecule has 1 radical (unpaired) electrons. The molecule has 0 aliphatic heterocycles. The SMILES string of the molecule is CS(=O)(=O)n1ncc2[c]cccc21. The highest BCUT2D eigenvalue weighted by Gasteiger charge is 2.09. The molecule has 1 aromatic carbocycles. The fourth-order valence-electron chi connectivity index (χ4n) is 1.15. The fourth-order valence-corrected chi connectivity index (χ4v) is 1.88. The van der Waals surface area contributed by atoms with E-state index in [4.69, 9.17) is 0 Å². The van der Waals surface area contributed by atoms with Crippen LogP contribution in [0, 0.1) is 6.07 Å². The van der Waals surface area contributed by atoms with Crippen LogP contribution in [0.5, 0.6) is 0 Å². The summed E-state index contributed by atoms with van der Waals surface area (Å²) in [5.74, 6) is 0. The van der Waals surface area contributed by atoms with Crippen LogP contribution in [0.2, 0.25) is 0 Å². The predicted molar refractivity (Wildman–Crippen MR) is 48.8 cm³/mol. The van der Waals surface area contributed by atoms with E-state index in [1.54, 1.807) is 18.2 Å². The zero-order valence-corrected chi connectivity index (χ0v) is 7.75. The standard InChI is InChI=1S/C8H7N2O2S/c1-13(11,12)10-8-5-3-2-4-7(8)6-9-10/h2-3,5-6H,1H3. The van der Waals surface area contributed by atoms with Gasteiger partial charge in [0.25, 0.3) is 10.0 Å². The molecule has 0 saturated carbocycles. The van der Waals surface area contributed by atoms with Crippen LogP contribution in [0.1, 0.15) is 0 Å². The topological polar surface area (TPSA) is 52.0 Å². The molecule has 67 valence electrons. The van der Waals surface area contributed by atoms with Gasteiger partial charge in [0.05, 0.1) is 18.0 Å². The van der Waals surface area contributed by atoms with E-state index >= 15 is 0 Å². The molecule has 13 heavy (non-hydrogen) atoms. The first-order valence-electron chi connectivity index (χ1n) is 3.64. The minimum absolute atomic E-state index is 0.560. The van der Waals surface area contributed by atoms with Crippen LogP contribution in [0.4, 0.5) is 0 Å². The monoisotopic (exact) mass is 195 g/mol. The van der Waals surface area contributed by atoms with Gasteiger partial charge in [-0.05, 0) is 12.1 Å². The molecule has 0 N–H and O–H groups in total. The number of aromatic nitrogens is 2. The highest BCUT2D eigenvalue weighted by molar-refractivity contribution is 7.89. The van der Waals surface area contributed by atoms with Crippen molar-refractivity contribution in [2.24, 2.45) is 0 Å². The van der Waals surface area contributed by atoms with Crippen LogP contribution in [-0.4, -0.2) is 23.9 Å². The smallest absolute Gasteiger partial charge is 0.205 e. The number of hydrogen-bond acceptors (Lipinski definition) is 3. The number of rotatable bonds is 1. The number of nitrogens with zero attached hydrogens (tertiary/aromatic N) is 2. The lowest BCUT2D eigenvalue weighted by Gasteiger charge is -1.97. The Morgan fingerprint density at radius 3 is 3.00 bits per heavy atom. The Kier molecular flexibility index (Phi) is 1.63. The molecule has 0 fully saturated rings. The predicted octanol–water partition coefficient (Wildman–Crippen LogP) is 0.644. The van der Waals surface area contributed by atoms with E-state index < -0.39 is 10.0 Å². The second-order valence-corrected chi connectivity index (χ2v) is 4.53.